The maximum absolute atomic E-state index is 9.54. The van der Waals surface area contributed by atoms with Crippen LogP contribution in [0.15, 0.2) is 24.7 Å². The number of pyridine rings is 2. The number of hydrogen-bond donors (Lipinski definition) is 1. The van der Waals surface area contributed by atoms with E-state index in [1.54, 1.807) is 12.1 Å². The molecular weight excluding hydrogens is 377 g/mol. The highest BCUT2D eigenvalue weighted by Gasteiger charge is 2.12. The van der Waals surface area contributed by atoms with E-state index < -0.39 is 0 Å². The lowest BCUT2D eigenvalue weighted by atomic mass is 10.1. The molecule has 8 heteroatoms. The minimum atomic E-state index is 0.105. The molecule has 0 atom stereocenters. The Morgan fingerprint density at radius 3 is 2.62 bits per heavy atom. The van der Waals surface area contributed by atoms with Crippen LogP contribution in [-0.4, -0.2) is 35.4 Å². The smallest absolute Gasteiger partial charge is 0.256 e. The van der Waals surface area contributed by atoms with Crippen LogP contribution in [0.1, 0.15) is 24.0 Å². The predicted molar refractivity (Wildman–Crippen MR) is 100 cm³/mol. The van der Waals surface area contributed by atoms with E-state index in [-0.39, 0.29) is 6.61 Å². The molecule has 26 heavy (non-hydrogen) atoms. The zero-order valence-corrected chi connectivity index (χ0v) is 15.6. The number of ether oxygens (including phenoxy) is 2. The molecular formula is C18H17Cl2N3O3. The fourth-order valence-corrected chi connectivity index (χ4v) is 2.59. The Bertz CT molecular complexity index is 815. The van der Waals surface area contributed by atoms with Gasteiger partial charge >= 0.3 is 0 Å². The second kappa shape index (κ2) is 9.97. The Hall–Kier alpha value is -2.33. The van der Waals surface area contributed by atoms with E-state index in [0.717, 1.165) is 0 Å². The molecule has 2 heterocycles. The molecule has 136 valence electrons. The van der Waals surface area contributed by atoms with Crippen LogP contribution in [0.5, 0.6) is 11.6 Å². The first-order valence-corrected chi connectivity index (χ1v) is 8.55. The second-order valence-corrected chi connectivity index (χ2v) is 6.01. The number of nitrogens with zero attached hydrogens (tertiary/aromatic N) is 3. The maximum atomic E-state index is 9.54. The lowest BCUT2D eigenvalue weighted by Gasteiger charge is -2.11. The van der Waals surface area contributed by atoms with Gasteiger partial charge in [0.25, 0.3) is 5.88 Å². The van der Waals surface area contributed by atoms with Crippen molar-refractivity contribution in [3.8, 4) is 17.7 Å². The van der Waals surface area contributed by atoms with E-state index >= 15 is 0 Å². The predicted octanol–water partition coefficient (Wildman–Crippen LogP) is 4.01. The van der Waals surface area contributed by atoms with E-state index in [0.29, 0.717) is 57.8 Å². The molecule has 0 saturated carbocycles. The number of halogens is 2. The summed E-state index contributed by atoms with van der Waals surface area (Å²) in [5.74, 6) is 0.728. The molecule has 0 aliphatic heterocycles. The average Bonchev–Trinajstić information content (AvgIpc) is 2.65. The van der Waals surface area contributed by atoms with Gasteiger partial charge in [-0.05, 0) is 25.0 Å². The SMILES string of the molecule is COc1ncc(C(C#N)=Cc2c(Cl)cncc2Cl)cc1OCCCCO. The Balaban J connectivity index is 2.36. The van der Waals surface area contributed by atoms with Gasteiger partial charge in [0, 0.05) is 36.3 Å². The van der Waals surface area contributed by atoms with Crippen LogP contribution >= 0.6 is 23.2 Å². The summed E-state index contributed by atoms with van der Waals surface area (Å²) in [4.78, 5) is 8.08. The van der Waals surface area contributed by atoms with Gasteiger partial charge in [-0.2, -0.15) is 5.26 Å². The first-order chi connectivity index (χ1) is 12.6. The van der Waals surface area contributed by atoms with Gasteiger partial charge in [0.2, 0.25) is 0 Å². The van der Waals surface area contributed by atoms with Gasteiger partial charge in [-0.15, -0.1) is 0 Å². The lowest BCUT2D eigenvalue weighted by molar-refractivity contribution is 0.246. The van der Waals surface area contributed by atoms with Crippen LogP contribution in [-0.2, 0) is 0 Å². The summed E-state index contributed by atoms with van der Waals surface area (Å²) >= 11 is 12.2. The summed E-state index contributed by atoms with van der Waals surface area (Å²) in [6, 6.07) is 3.79. The highest BCUT2D eigenvalue weighted by Crippen LogP contribution is 2.31. The molecule has 2 rings (SSSR count). The van der Waals surface area contributed by atoms with Gasteiger partial charge < -0.3 is 14.6 Å². The molecule has 0 radical (unpaired) electrons. The second-order valence-electron chi connectivity index (χ2n) is 5.20. The summed E-state index contributed by atoms with van der Waals surface area (Å²) < 4.78 is 10.9. The summed E-state index contributed by atoms with van der Waals surface area (Å²) in [7, 11) is 1.49. The third kappa shape index (κ3) is 5.09. The highest BCUT2D eigenvalue weighted by atomic mass is 35.5. The minimum Gasteiger partial charge on any atom is -0.488 e. The fraction of sp³-hybridized carbons (Fsp3) is 0.278. The topological polar surface area (TPSA) is 88.3 Å². The van der Waals surface area contributed by atoms with Crippen molar-refractivity contribution in [2.45, 2.75) is 12.8 Å². The largest absolute Gasteiger partial charge is 0.488 e. The zero-order valence-electron chi connectivity index (χ0n) is 14.1. The summed E-state index contributed by atoms with van der Waals surface area (Å²) in [6.07, 6.45) is 7.32. The number of nitriles is 1. The molecule has 0 aromatic carbocycles. The van der Waals surface area contributed by atoms with Crippen molar-refractivity contribution >= 4 is 34.9 Å². The Morgan fingerprint density at radius 1 is 1.27 bits per heavy atom. The molecule has 0 aliphatic rings. The van der Waals surface area contributed by atoms with Gasteiger partial charge in [-0.1, -0.05) is 23.2 Å². The summed E-state index contributed by atoms with van der Waals surface area (Å²) in [5, 5.41) is 19.1. The molecule has 1 N–H and O–H groups in total. The molecule has 6 nitrogen and oxygen atoms in total. The molecule has 0 spiro atoms. The quantitative estimate of drug-likeness (QED) is 0.538. The first kappa shape index (κ1) is 20.0. The Morgan fingerprint density at radius 2 is 2.00 bits per heavy atom. The van der Waals surface area contributed by atoms with E-state index in [2.05, 4.69) is 16.0 Å². The van der Waals surface area contributed by atoms with Crippen molar-refractivity contribution < 1.29 is 14.6 Å². The van der Waals surface area contributed by atoms with Gasteiger partial charge in [0.05, 0.1) is 35.4 Å². The molecule has 0 unspecified atom stereocenters. The van der Waals surface area contributed by atoms with Gasteiger partial charge in [-0.25, -0.2) is 4.98 Å². The standard InChI is InChI=1S/C18H17Cl2N3O3/c1-25-18-17(26-5-3-2-4-24)7-13(9-23-18)12(8-21)6-14-15(19)10-22-11-16(14)20/h6-7,9-11,24H,2-5H2,1H3. The first-order valence-electron chi connectivity index (χ1n) is 7.79. The number of aromatic nitrogens is 2. The van der Waals surface area contributed by atoms with Gasteiger partial charge in [0.1, 0.15) is 0 Å². The number of methoxy groups -OCH3 is 1. The third-order valence-corrected chi connectivity index (χ3v) is 4.03. The Labute approximate surface area is 161 Å². The van der Waals surface area contributed by atoms with Crippen molar-refractivity contribution in [1.29, 1.82) is 5.26 Å². The lowest BCUT2D eigenvalue weighted by Crippen LogP contribution is -2.02. The Kier molecular flexibility index (Phi) is 7.67. The van der Waals surface area contributed by atoms with E-state index in [1.165, 1.54) is 25.7 Å². The molecule has 0 bridgehead atoms. The van der Waals surface area contributed by atoms with Crippen LogP contribution in [0.3, 0.4) is 0 Å². The molecule has 0 fully saturated rings. The minimum absolute atomic E-state index is 0.105. The molecule has 0 saturated heterocycles. The van der Waals surface area contributed by atoms with Crippen LogP contribution in [0, 0.1) is 11.3 Å². The highest BCUT2D eigenvalue weighted by molar-refractivity contribution is 6.37. The molecule has 2 aromatic heterocycles. The number of aliphatic hydroxyl groups excluding tert-OH is 1. The summed E-state index contributed by atoms with van der Waals surface area (Å²) in [6.45, 7) is 0.503. The third-order valence-electron chi connectivity index (χ3n) is 3.43. The summed E-state index contributed by atoms with van der Waals surface area (Å²) in [5.41, 5.74) is 1.35. The number of hydrogen-bond acceptors (Lipinski definition) is 6. The fourth-order valence-electron chi connectivity index (χ4n) is 2.12. The molecule has 2 aromatic rings. The number of allylic oxidation sites excluding steroid dienone is 1. The van der Waals surface area contributed by atoms with Crippen LogP contribution in [0.25, 0.3) is 11.6 Å². The van der Waals surface area contributed by atoms with Crippen LogP contribution in [0.4, 0.5) is 0 Å². The van der Waals surface area contributed by atoms with Crippen LogP contribution < -0.4 is 9.47 Å². The van der Waals surface area contributed by atoms with Gasteiger partial charge in [-0.3, -0.25) is 4.98 Å². The van der Waals surface area contributed by atoms with Crippen molar-refractivity contribution in [2.75, 3.05) is 20.3 Å². The average molecular weight is 394 g/mol. The normalized spacial score (nSPS) is 11.1. The van der Waals surface area contributed by atoms with Crippen molar-refractivity contribution in [3.05, 3.63) is 45.8 Å². The van der Waals surface area contributed by atoms with E-state index in [4.69, 9.17) is 37.8 Å². The number of unbranched alkanes of at least 4 members (excludes halogenated alkanes) is 1. The van der Waals surface area contributed by atoms with Gasteiger partial charge in [0.15, 0.2) is 5.75 Å². The van der Waals surface area contributed by atoms with Crippen molar-refractivity contribution in [1.82, 2.24) is 9.97 Å². The van der Waals surface area contributed by atoms with Crippen molar-refractivity contribution in [2.24, 2.45) is 0 Å². The molecule has 0 aliphatic carbocycles. The van der Waals surface area contributed by atoms with Crippen LogP contribution in [0.2, 0.25) is 10.0 Å². The maximum Gasteiger partial charge on any atom is 0.256 e. The monoisotopic (exact) mass is 393 g/mol. The number of aliphatic hydroxyl groups is 1. The van der Waals surface area contributed by atoms with Crippen molar-refractivity contribution in [3.63, 3.8) is 0 Å². The zero-order chi connectivity index (χ0) is 18.9. The molecule has 0 amide bonds. The number of rotatable bonds is 8. The van der Waals surface area contributed by atoms with E-state index in [1.807, 2.05) is 0 Å². The van der Waals surface area contributed by atoms with E-state index in [9.17, 15) is 5.26 Å².